The second-order valence-corrected chi connectivity index (χ2v) is 5.07. The normalized spacial score (nSPS) is 10.6. The Hall–Kier alpha value is -2.99. The van der Waals surface area contributed by atoms with Crippen molar-refractivity contribution in [2.45, 2.75) is 0 Å². The van der Waals surface area contributed by atoms with Crippen LogP contribution in [0.3, 0.4) is 0 Å². The highest BCUT2D eigenvalue weighted by Crippen LogP contribution is 2.27. The number of ether oxygens (including phenoxy) is 2. The lowest BCUT2D eigenvalue weighted by Gasteiger charge is -2.09. The molecule has 0 fully saturated rings. The van der Waals surface area contributed by atoms with Crippen molar-refractivity contribution in [2.75, 3.05) is 19.6 Å². The molecule has 0 spiro atoms. The zero-order valence-corrected chi connectivity index (χ0v) is 13.1. The summed E-state index contributed by atoms with van der Waals surface area (Å²) in [6.07, 6.45) is 1.53. The van der Waals surface area contributed by atoms with Gasteiger partial charge < -0.3 is 15.2 Å². The van der Waals surface area contributed by atoms with E-state index in [-0.39, 0.29) is 12.6 Å². The Bertz CT molecular complexity index is 838. The number of hydrogen-bond acceptors (Lipinski definition) is 5. The summed E-state index contributed by atoms with van der Waals surface area (Å²) in [7, 11) is 1.56. The van der Waals surface area contributed by atoms with Crippen LogP contribution in [0.25, 0.3) is 22.5 Å². The third kappa shape index (κ3) is 3.49. The fourth-order valence-electron chi connectivity index (χ4n) is 2.23. The second kappa shape index (κ2) is 7.06. The molecular weight excluding hydrogens is 309 g/mol. The molecule has 0 aliphatic carbocycles. The van der Waals surface area contributed by atoms with Gasteiger partial charge in [-0.25, -0.2) is 14.4 Å². The largest absolute Gasteiger partial charge is 0.468 e. The number of hydrogen-bond donors (Lipinski definition) is 1. The first kappa shape index (κ1) is 15.9. The number of aromatic nitrogens is 2. The van der Waals surface area contributed by atoms with Gasteiger partial charge in [-0.05, 0) is 36.4 Å². The molecule has 2 N–H and O–H groups in total. The van der Waals surface area contributed by atoms with E-state index in [4.69, 9.17) is 15.2 Å². The average molecular weight is 325 g/mol. The smallest absolute Gasteiger partial charge is 0.188 e. The summed E-state index contributed by atoms with van der Waals surface area (Å²) in [5.74, 6) is 0.654. The number of nitrogens with two attached hydrogens (primary N) is 1. The molecule has 0 saturated heterocycles. The molecule has 3 rings (SSSR count). The molecule has 0 radical (unpaired) electrons. The first-order valence-corrected chi connectivity index (χ1v) is 7.28. The van der Waals surface area contributed by atoms with Crippen molar-refractivity contribution in [3.63, 3.8) is 0 Å². The highest BCUT2D eigenvalue weighted by molar-refractivity contribution is 5.73. The van der Waals surface area contributed by atoms with Crippen molar-refractivity contribution >= 4 is 5.82 Å². The van der Waals surface area contributed by atoms with Crippen LogP contribution in [0.4, 0.5) is 10.2 Å². The van der Waals surface area contributed by atoms with Crippen LogP contribution < -0.4 is 10.5 Å². The van der Waals surface area contributed by atoms with E-state index in [1.807, 2.05) is 12.1 Å². The molecule has 6 heteroatoms. The minimum absolute atomic E-state index is 0.177. The highest BCUT2D eigenvalue weighted by atomic mass is 19.1. The van der Waals surface area contributed by atoms with Gasteiger partial charge in [0, 0.05) is 18.2 Å². The molecule has 0 saturated carbocycles. The van der Waals surface area contributed by atoms with Gasteiger partial charge in [-0.2, -0.15) is 0 Å². The topological polar surface area (TPSA) is 70.3 Å². The number of nitrogens with zero attached hydrogens (tertiary/aromatic N) is 2. The van der Waals surface area contributed by atoms with E-state index in [2.05, 4.69) is 9.97 Å². The number of nitrogen functional groups attached to an aromatic ring is 1. The number of rotatable bonds is 5. The molecule has 1 aromatic heterocycles. The van der Waals surface area contributed by atoms with E-state index < -0.39 is 0 Å². The predicted octanol–water partition coefficient (Wildman–Crippen LogP) is 3.51. The molecule has 5 nitrogen and oxygen atoms in total. The predicted molar refractivity (Wildman–Crippen MR) is 89.8 cm³/mol. The molecule has 0 aliphatic heterocycles. The van der Waals surface area contributed by atoms with Gasteiger partial charge in [0.15, 0.2) is 6.79 Å². The molecule has 0 amide bonds. The Balaban J connectivity index is 1.94. The molecular formula is C18H16FN3O2. The summed E-state index contributed by atoms with van der Waals surface area (Å²) in [4.78, 5) is 8.70. The molecule has 0 bridgehead atoms. The molecule has 1 heterocycles. The molecule has 0 unspecified atom stereocenters. The van der Waals surface area contributed by atoms with Gasteiger partial charge >= 0.3 is 0 Å². The SMILES string of the molecule is COCOc1ccc(-c2nc(-c3cccc(F)c3)cnc2N)cc1. The first-order valence-electron chi connectivity index (χ1n) is 7.28. The fraction of sp³-hybridized carbons (Fsp3) is 0.111. The van der Waals surface area contributed by atoms with Gasteiger partial charge in [0.1, 0.15) is 23.1 Å². The standard InChI is InChI=1S/C18H16FN3O2/c1-23-11-24-15-7-5-12(6-8-15)17-18(20)21-10-16(22-17)13-3-2-4-14(19)9-13/h2-10H,11H2,1H3,(H2,20,21). The monoisotopic (exact) mass is 325 g/mol. The van der Waals surface area contributed by atoms with Crippen molar-refractivity contribution < 1.29 is 13.9 Å². The number of benzene rings is 2. The minimum atomic E-state index is -0.327. The van der Waals surface area contributed by atoms with Gasteiger partial charge in [0.25, 0.3) is 0 Å². The third-order valence-electron chi connectivity index (χ3n) is 3.39. The lowest BCUT2D eigenvalue weighted by Crippen LogP contribution is -2.00. The van der Waals surface area contributed by atoms with E-state index in [0.717, 1.165) is 5.56 Å². The van der Waals surface area contributed by atoms with Crippen molar-refractivity contribution in [1.29, 1.82) is 0 Å². The maximum Gasteiger partial charge on any atom is 0.188 e. The lowest BCUT2D eigenvalue weighted by molar-refractivity contribution is 0.0511. The molecule has 0 aliphatic rings. The van der Waals surface area contributed by atoms with Crippen LogP contribution in [0.2, 0.25) is 0 Å². The molecule has 3 aromatic rings. The zero-order chi connectivity index (χ0) is 16.9. The Morgan fingerprint density at radius 1 is 1.08 bits per heavy atom. The second-order valence-electron chi connectivity index (χ2n) is 5.07. The zero-order valence-electron chi connectivity index (χ0n) is 13.1. The van der Waals surface area contributed by atoms with Crippen LogP contribution in [-0.2, 0) is 4.74 Å². The fourth-order valence-corrected chi connectivity index (χ4v) is 2.23. The molecule has 2 aromatic carbocycles. The van der Waals surface area contributed by atoms with E-state index in [1.165, 1.54) is 18.3 Å². The summed E-state index contributed by atoms with van der Waals surface area (Å²) >= 11 is 0. The van der Waals surface area contributed by atoms with E-state index >= 15 is 0 Å². The summed E-state index contributed by atoms with van der Waals surface area (Å²) in [6, 6.07) is 13.5. The number of methoxy groups -OCH3 is 1. The molecule has 0 atom stereocenters. The maximum atomic E-state index is 13.4. The van der Waals surface area contributed by atoms with Crippen LogP contribution in [-0.4, -0.2) is 23.9 Å². The van der Waals surface area contributed by atoms with Crippen molar-refractivity contribution in [3.8, 4) is 28.3 Å². The summed E-state index contributed by atoms with van der Waals surface area (Å²) in [5.41, 5.74) is 8.48. The van der Waals surface area contributed by atoms with Gasteiger partial charge in [-0.3, -0.25) is 0 Å². The van der Waals surface area contributed by atoms with Gasteiger partial charge in [0.05, 0.1) is 11.9 Å². The quantitative estimate of drug-likeness (QED) is 0.727. The van der Waals surface area contributed by atoms with Crippen LogP contribution in [0, 0.1) is 5.82 Å². The van der Waals surface area contributed by atoms with Crippen molar-refractivity contribution in [1.82, 2.24) is 9.97 Å². The Morgan fingerprint density at radius 3 is 2.58 bits per heavy atom. The van der Waals surface area contributed by atoms with E-state index in [9.17, 15) is 4.39 Å². The Labute approximate surface area is 138 Å². The third-order valence-corrected chi connectivity index (χ3v) is 3.39. The Morgan fingerprint density at radius 2 is 1.88 bits per heavy atom. The summed E-state index contributed by atoms with van der Waals surface area (Å²) in [5, 5.41) is 0. The van der Waals surface area contributed by atoms with Gasteiger partial charge in [-0.15, -0.1) is 0 Å². The average Bonchev–Trinajstić information content (AvgIpc) is 2.61. The number of anilines is 1. The molecule has 122 valence electrons. The van der Waals surface area contributed by atoms with Gasteiger partial charge in [-0.1, -0.05) is 12.1 Å². The highest BCUT2D eigenvalue weighted by Gasteiger charge is 2.10. The number of halogens is 1. The van der Waals surface area contributed by atoms with Crippen molar-refractivity contribution in [2.24, 2.45) is 0 Å². The summed E-state index contributed by atoms with van der Waals surface area (Å²) in [6.45, 7) is 0.177. The Kier molecular flexibility index (Phi) is 4.67. The van der Waals surface area contributed by atoms with Crippen LogP contribution in [0.1, 0.15) is 0 Å². The van der Waals surface area contributed by atoms with Crippen LogP contribution >= 0.6 is 0 Å². The van der Waals surface area contributed by atoms with E-state index in [1.54, 1.807) is 31.4 Å². The first-order chi connectivity index (χ1) is 11.7. The van der Waals surface area contributed by atoms with Gasteiger partial charge in [0.2, 0.25) is 0 Å². The summed E-state index contributed by atoms with van der Waals surface area (Å²) < 4.78 is 23.6. The maximum absolute atomic E-state index is 13.4. The minimum Gasteiger partial charge on any atom is -0.468 e. The lowest BCUT2D eigenvalue weighted by atomic mass is 10.1. The van der Waals surface area contributed by atoms with E-state index in [0.29, 0.717) is 28.5 Å². The van der Waals surface area contributed by atoms with Crippen LogP contribution in [0.5, 0.6) is 5.75 Å². The molecule has 24 heavy (non-hydrogen) atoms. The van der Waals surface area contributed by atoms with Crippen LogP contribution in [0.15, 0.2) is 54.7 Å². The van der Waals surface area contributed by atoms with Crippen molar-refractivity contribution in [3.05, 3.63) is 60.5 Å².